The Morgan fingerprint density at radius 3 is 2.81 bits per heavy atom. The standard InChI is InChI=1S/C14H11F3N7O3/c15-14(16,17)8-3-1-4-9(7-8)24-12(22-26-13(24)25)11-10(20-27-21-11)5-2-6-19-23-18/h1,3-4,7,18H,2,5-6H2/q+1. The molecular weight excluding hydrogens is 371 g/mol. The zero-order valence-electron chi connectivity index (χ0n) is 13.5. The van der Waals surface area contributed by atoms with E-state index in [1.54, 1.807) is 0 Å². The molecule has 10 nitrogen and oxygen atoms in total. The first kappa shape index (κ1) is 18.2. The molecule has 0 amide bonds. The van der Waals surface area contributed by atoms with Gasteiger partial charge in [-0.3, -0.25) is 4.52 Å². The van der Waals surface area contributed by atoms with Crippen LogP contribution in [-0.4, -0.2) is 26.6 Å². The lowest BCUT2D eigenvalue weighted by atomic mass is 10.1. The molecule has 3 aromatic rings. The number of alkyl halides is 3. The SMILES string of the molecule is N=[N+]=NCCCc1nonc1-c1noc(=O)n1-c1cccc(C(F)(F)F)c1. The molecule has 13 heteroatoms. The van der Waals surface area contributed by atoms with Crippen LogP contribution in [0.1, 0.15) is 17.7 Å². The van der Waals surface area contributed by atoms with Crippen LogP contribution in [-0.2, 0) is 12.6 Å². The number of rotatable bonds is 6. The molecule has 0 atom stereocenters. The van der Waals surface area contributed by atoms with Gasteiger partial charge in [0.2, 0.25) is 10.7 Å². The van der Waals surface area contributed by atoms with Crippen LogP contribution in [0, 0.1) is 5.53 Å². The van der Waals surface area contributed by atoms with Gasteiger partial charge in [-0.2, -0.15) is 13.2 Å². The van der Waals surface area contributed by atoms with Gasteiger partial charge in [0.25, 0.3) is 0 Å². The monoisotopic (exact) mass is 382 g/mol. The number of halogens is 3. The summed E-state index contributed by atoms with van der Waals surface area (Å²) in [5.41, 5.74) is 5.93. The number of nitrogens with one attached hydrogen (secondary N) is 1. The number of aromatic nitrogens is 4. The van der Waals surface area contributed by atoms with Gasteiger partial charge in [-0.15, -0.1) is 0 Å². The maximum absolute atomic E-state index is 13.0. The lowest BCUT2D eigenvalue weighted by Gasteiger charge is -2.09. The van der Waals surface area contributed by atoms with E-state index in [9.17, 15) is 18.0 Å². The molecule has 3 rings (SSSR count). The third-order valence-corrected chi connectivity index (χ3v) is 3.55. The van der Waals surface area contributed by atoms with E-state index < -0.39 is 17.5 Å². The molecule has 2 heterocycles. The Hall–Kier alpha value is -3.60. The highest BCUT2D eigenvalue weighted by Crippen LogP contribution is 2.31. The molecule has 0 spiro atoms. The molecule has 0 aliphatic heterocycles. The van der Waals surface area contributed by atoms with Gasteiger partial charge in [0, 0.05) is 0 Å². The topological polar surface area (TPSA) is 137 Å². The third kappa shape index (κ3) is 3.82. The van der Waals surface area contributed by atoms with E-state index in [4.69, 9.17) is 5.53 Å². The van der Waals surface area contributed by atoms with E-state index in [2.05, 4.69) is 34.6 Å². The lowest BCUT2D eigenvalue weighted by Crippen LogP contribution is -2.15. The smallest absolute Gasteiger partial charge is 0.295 e. The van der Waals surface area contributed by atoms with Crippen molar-refractivity contribution in [2.24, 2.45) is 5.11 Å². The zero-order chi connectivity index (χ0) is 19.4. The van der Waals surface area contributed by atoms with Gasteiger partial charge in [0.1, 0.15) is 22.9 Å². The maximum Gasteiger partial charge on any atom is 0.446 e. The highest BCUT2D eigenvalue weighted by Gasteiger charge is 2.31. The summed E-state index contributed by atoms with van der Waals surface area (Å²) in [5, 5.41) is 14.5. The van der Waals surface area contributed by atoms with E-state index in [0.29, 0.717) is 18.5 Å². The van der Waals surface area contributed by atoms with E-state index >= 15 is 0 Å². The molecule has 2 aromatic heterocycles. The van der Waals surface area contributed by atoms with Gasteiger partial charge in [-0.1, -0.05) is 16.4 Å². The predicted octanol–water partition coefficient (Wildman–Crippen LogP) is 2.38. The van der Waals surface area contributed by atoms with Crippen molar-refractivity contribution in [2.45, 2.75) is 19.0 Å². The van der Waals surface area contributed by atoms with Crippen LogP contribution >= 0.6 is 0 Å². The number of benzene rings is 1. The van der Waals surface area contributed by atoms with Crippen LogP contribution in [0.15, 0.2) is 43.3 Å². The summed E-state index contributed by atoms with van der Waals surface area (Å²) in [7, 11) is 0. The van der Waals surface area contributed by atoms with Crippen molar-refractivity contribution in [1.29, 1.82) is 5.53 Å². The molecule has 1 N–H and O–H groups in total. The second-order valence-corrected chi connectivity index (χ2v) is 5.28. The van der Waals surface area contributed by atoms with E-state index in [-0.39, 0.29) is 23.8 Å². The first-order chi connectivity index (χ1) is 12.9. The van der Waals surface area contributed by atoms with Crippen LogP contribution in [0.2, 0.25) is 0 Å². The lowest BCUT2D eigenvalue weighted by molar-refractivity contribution is -0.137. The van der Waals surface area contributed by atoms with Crippen molar-refractivity contribution in [3.63, 3.8) is 0 Å². The fraction of sp³-hybridized carbons (Fsp3) is 0.286. The molecule has 0 saturated carbocycles. The second kappa shape index (κ2) is 7.33. The summed E-state index contributed by atoms with van der Waals surface area (Å²) < 4.78 is 49.0. The normalized spacial score (nSPS) is 11.4. The summed E-state index contributed by atoms with van der Waals surface area (Å²) in [5.74, 6) is -1.13. The van der Waals surface area contributed by atoms with Crippen molar-refractivity contribution in [1.82, 2.24) is 24.9 Å². The number of aryl methyl sites for hydroxylation is 1. The van der Waals surface area contributed by atoms with Crippen molar-refractivity contribution in [3.8, 4) is 17.2 Å². The Balaban J connectivity index is 2.01. The molecule has 1 aromatic carbocycles. The molecule has 0 bridgehead atoms. The van der Waals surface area contributed by atoms with Crippen molar-refractivity contribution in [2.75, 3.05) is 6.54 Å². The Labute approximate surface area is 147 Å². The zero-order valence-corrected chi connectivity index (χ0v) is 13.5. The summed E-state index contributed by atoms with van der Waals surface area (Å²) in [6.07, 6.45) is -3.82. The van der Waals surface area contributed by atoms with Gasteiger partial charge in [-0.05, 0) is 36.2 Å². The number of hydrogen-bond donors (Lipinski definition) is 1. The summed E-state index contributed by atoms with van der Waals surface area (Å²) in [6.45, 7) is 0.259. The molecular formula is C14H11F3N7O3+. The minimum atomic E-state index is -4.58. The number of hydrogen-bond acceptors (Lipinski definition) is 8. The van der Waals surface area contributed by atoms with Crippen LogP contribution in [0.3, 0.4) is 0 Å². The van der Waals surface area contributed by atoms with Gasteiger partial charge >= 0.3 is 11.9 Å². The van der Waals surface area contributed by atoms with Crippen LogP contribution in [0.25, 0.3) is 17.2 Å². The van der Waals surface area contributed by atoms with Crippen molar-refractivity contribution >= 4 is 0 Å². The Bertz CT molecular complexity index is 1050. The van der Waals surface area contributed by atoms with Crippen LogP contribution < -0.4 is 10.7 Å². The predicted molar refractivity (Wildman–Crippen MR) is 80.9 cm³/mol. The van der Waals surface area contributed by atoms with E-state index in [1.807, 2.05) is 0 Å². The molecule has 0 fully saturated rings. The van der Waals surface area contributed by atoms with E-state index in [1.165, 1.54) is 6.07 Å². The molecule has 0 radical (unpaired) electrons. The largest absolute Gasteiger partial charge is 0.446 e. The average Bonchev–Trinajstić information content (AvgIpc) is 3.24. The Kier molecular flexibility index (Phi) is 4.94. The van der Waals surface area contributed by atoms with Gasteiger partial charge in [0.05, 0.1) is 11.3 Å². The quantitative estimate of drug-likeness (QED) is 0.395. The first-order valence-corrected chi connectivity index (χ1v) is 7.53. The minimum absolute atomic E-state index is 0.0565. The van der Waals surface area contributed by atoms with Crippen molar-refractivity contribution < 1.29 is 22.3 Å². The second-order valence-electron chi connectivity index (χ2n) is 5.28. The van der Waals surface area contributed by atoms with Crippen LogP contribution in [0.5, 0.6) is 0 Å². The number of nitrogens with zero attached hydrogens (tertiary/aromatic N) is 6. The maximum atomic E-state index is 13.0. The van der Waals surface area contributed by atoms with Crippen molar-refractivity contribution in [3.05, 3.63) is 46.1 Å². The van der Waals surface area contributed by atoms with Crippen LogP contribution in [0.4, 0.5) is 13.2 Å². The highest BCUT2D eigenvalue weighted by atomic mass is 19.4. The first-order valence-electron chi connectivity index (χ1n) is 7.53. The summed E-state index contributed by atoms with van der Waals surface area (Å²) in [6, 6.07) is 4.14. The molecule has 0 aliphatic carbocycles. The molecule has 0 aliphatic rings. The fourth-order valence-corrected chi connectivity index (χ4v) is 2.36. The molecule has 27 heavy (non-hydrogen) atoms. The van der Waals surface area contributed by atoms with E-state index in [0.717, 1.165) is 22.8 Å². The molecule has 0 unspecified atom stereocenters. The Morgan fingerprint density at radius 1 is 1.26 bits per heavy atom. The summed E-state index contributed by atoms with van der Waals surface area (Å²) >= 11 is 0. The fourth-order valence-electron chi connectivity index (χ4n) is 2.36. The van der Waals surface area contributed by atoms with Gasteiger partial charge in [-0.25, -0.2) is 14.0 Å². The summed E-state index contributed by atoms with van der Waals surface area (Å²) in [4.78, 5) is 14.9. The average molecular weight is 382 g/mol. The van der Waals surface area contributed by atoms with Gasteiger partial charge < -0.3 is 0 Å². The minimum Gasteiger partial charge on any atom is -0.295 e. The third-order valence-electron chi connectivity index (χ3n) is 3.55. The highest BCUT2D eigenvalue weighted by molar-refractivity contribution is 5.55. The Morgan fingerprint density at radius 2 is 2.07 bits per heavy atom. The molecule has 0 saturated heterocycles. The molecule has 140 valence electrons. The van der Waals surface area contributed by atoms with Gasteiger partial charge in [0.15, 0.2) is 5.69 Å².